The largest absolute Gasteiger partial charge is 0.240 e. The summed E-state index contributed by atoms with van der Waals surface area (Å²) in [6, 6.07) is 8.90. The van der Waals surface area contributed by atoms with Crippen molar-refractivity contribution in [3.05, 3.63) is 29.8 Å². The van der Waals surface area contributed by atoms with Crippen molar-refractivity contribution in [1.82, 2.24) is 4.72 Å². The molecule has 0 heterocycles. The van der Waals surface area contributed by atoms with Crippen LogP contribution in [0.2, 0.25) is 0 Å². The van der Waals surface area contributed by atoms with Crippen molar-refractivity contribution in [2.75, 3.05) is 6.54 Å². The highest BCUT2D eigenvalue weighted by Gasteiger charge is 2.14. The Kier molecular flexibility index (Phi) is 5.13. The van der Waals surface area contributed by atoms with Gasteiger partial charge in [0.2, 0.25) is 10.0 Å². The summed E-state index contributed by atoms with van der Waals surface area (Å²) >= 11 is 0. The van der Waals surface area contributed by atoms with Crippen molar-refractivity contribution < 1.29 is 8.42 Å². The van der Waals surface area contributed by atoms with Gasteiger partial charge in [-0.3, -0.25) is 0 Å². The fourth-order valence-electron chi connectivity index (χ4n) is 1.47. The van der Waals surface area contributed by atoms with Crippen LogP contribution in [0.15, 0.2) is 29.2 Å². The SMILES string of the molecule is Cc1ccccc1S(=O)(=O)NCCCCC#N. The summed E-state index contributed by atoms with van der Waals surface area (Å²) in [7, 11) is -3.41. The van der Waals surface area contributed by atoms with Crippen LogP contribution in [0, 0.1) is 18.3 Å². The first-order valence-corrected chi connectivity index (χ1v) is 6.98. The summed E-state index contributed by atoms with van der Waals surface area (Å²) in [4.78, 5) is 0.320. The minimum atomic E-state index is -3.41. The highest BCUT2D eigenvalue weighted by atomic mass is 32.2. The average molecular weight is 252 g/mol. The van der Waals surface area contributed by atoms with E-state index in [1.807, 2.05) is 6.07 Å². The molecule has 4 nitrogen and oxygen atoms in total. The topological polar surface area (TPSA) is 70.0 Å². The lowest BCUT2D eigenvalue weighted by atomic mass is 10.2. The molecular weight excluding hydrogens is 236 g/mol. The lowest BCUT2D eigenvalue weighted by molar-refractivity contribution is 0.576. The lowest BCUT2D eigenvalue weighted by Gasteiger charge is -2.08. The maximum atomic E-state index is 11.9. The zero-order chi connectivity index (χ0) is 12.7. The summed E-state index contributed by atoms with van der Waals surface area (Å²) in [5, 5.41) is 8.35. The molecule has 92 valence electrons. The molecule has 1 N–H and O–H groups in total. The number of hydrogen-bond acceptors (Lipinski definition) is 3. The Labute approximate surface area is 102 Å². The summed E-state index contributed by atoms with van der Waals surface area (Å²) < 4.78 is 26.4. The highest BCUT2D eigenvalue weighted by molar-refractivity contribution is 7.89. The quantitative estimate of drug-likeness (QED) is 0.787. The first-order chi connectivity index (χ1) is 8.08. The molecule has 0 radical (unpaired) electrons. The molecule has 1 rings (SSSR count). The zero-order valence-corrected chi connectivity index (χ0v) is 10.6. The molecule has 0 aliphatic carbocycles. The molecule has 0 saturated heterocycles. The Morgan fingerprint density at radius 2 is 2.00 bits per heavy atom. The van der Waals surface area contributed by atoms with Crippen molar-refractivity contribution in [3.63, 3.8) is 0 Å². The van der Waals surface area contributed by atoms with Crippen LogP contribution in [0.4, 0.5) is 0 Å². The van der Waals surface area contributed by atoms with Crippen LogP contribution < -0.4 is 4.72 Å². The Morgan fingerprint density at radius 1 is 1.29 bits per heavy atom. The molecule has 0 aromatic heterocycles. The van der Waals surface area contributed by atoms with Gasteiger partial charge in [-0.1, -0.05) is 18.2 Å². The van der Waals surface area contributed by atoms with E-state index in [1.54, 1.807) is 31.2 Å². The monoisotopic (exact) mass is 252 g/mol. The molecule has 1 aromatic carbocycles. The number of nitriles is 1. The van der Waals surface area contributed by atoms with Gasteiger partial charge < -0.3 is 0 Å². The van der Waals surface area contributed by atoms with E-state index in [2.05, 4.69) is 4.72 Å². The van der Waals surface area contributed by atoms with Crippen molar-refractivity contribution in [2.24, 2.45) is 0 Å². The third kappa shape index (κ3) is 4.17. The van der Waals surface area contributed by atoms with Gasteiger partial charge in [-0.25, -0.2) is 13.1 Å². The summed E-state index contributed by atoms with van der Waals surface area (Å²) in [6.45, 7) is 2.14. The molecule has 0 saturated carbocycles. The third-order valence-corrected chi connectivity index (χ3v) is 4.01. The fraction of sp³-hybridized carbons (Fsp3) is 0.417. The van der Waals surface area contributed by atoms with Gasteiger partial charge in [0.25, 0.3) is 0 Å². The number of nitrogens with one attached hydrogen (secondary N) is 1. The molecule has 0 atom stereocenters. The number of hydrogen-bond donors (Lipinski definition) is 1. The standard InChI is InChI=1S/C12H16N2O2S/c1-11-7-3-4-8-12(11)17(15,16)14-10-6-2-5-9-13/h3-4,7-8,14H,2,5-6,10H2,1H3. The number of aryl methyl sites for hydroxylation is 1. The van der Waals surface area contributed by atoms with Crippen molar-refractivity contribution in [3.8, 4) is 6.07 Å². The summed E-state index contributed by atoms with van der Waals surface area (Å²) in [5.41, 5.74) is 0.733. The van der Waals surface area contributed by atoms with Crippen LogP contribution >= 0.6 is 0 Å². The predicted molar refractivity (Wildman–Crippen MR) is 65.8 cm³/mol. The lowest BCUT2D eigenvalue weighted by Crippen LogP contribution is -2.25. The van der Waals surface area contributed by atoms with E-state index >= 15 is 0 Å². The molecular formula is C12H16N2O2S. The maximum Gasteiger partial charge on any atom is 0.240 e. The van der Waals surface area contributed by atoms with Gasteiger partial charge in [-0.2, -0.15) is 5.26 Å². The third-order valence-electron chi connectivity index (χ3n) is 2.39. The second-order valence-electron chi connectivity index (χ2n) is 3.78. The highest BCUT2D eigenvalue weighted by Crippen LogP contribution is 2.13. The van der Waals surface area contributed by atoms with Crippen LogP contribution in [0.5, 0.6) is 0 Å². The van der Waals surface area contributed by atoms with Crippen LogP contribution in [0.25, 0.3) is 0 Å². The fourth-order valence-corrected chi connectivity index (χ4v) is 2.79. The second kappa shape index (κ2) is 6.38. The van der Waals surface area contributed by atoms with Gasteiger partial charge >= 0.3 is 0 Å². The summed E-state index contributed by atoms with van der Waals surface area (Å²) in [6.07, 6.45) is 1.86. The Balaban J connectivity index is 2.59. The van der Waals surface area contributed by atoms with E-state index in [0.717, 1.165) is 5.56 Å². The molecule has 0 amide bonds. The van der Waals surface area contributed by atoms with E-state index in [1.165, 1.54) is 0 Å². The number of rotatable bonds is 6. The van der Waals surface area contributed by atoms with Gasteiger partial charge in [-0.05, 0) is 31.4 Å². The molecule has 0 fully saturated rings. The summed E-state index contributed by atoms with van der Waals surface area (Å²) in [5.74, 6) is 0. The number of unbranched alkanes of at least 4 members (excludes halogenated alkanes) is 2. The number of sulfonamides is 1. The molecule has 0 spiro atoms. The first-order valence-electron chi connectivity index (χ1n) is 5.50. The van der Waals surface area contributed by atoms with Gasteiger partial charge in [0.1, 0.15) is 0 Å². The van der Waals surface area contributed by atoms with E-state index in [-0.39, 0.29) is 0 Å². The Morgan fingerprint density at radius 3 is 2.65 bits per heavy atom. The van der Waals surface area contributed by atoms with Gasteiger partial charge in [0, 0.05) is 13.0 Å². The molecule has 1 aromatic rings. The second-order valence-corrected chi connectivity index (χ2v) is 5.51. The minimum absolute atomic E-state index is 0.320. The average Bonchev–Trinajstić information content (AvgIpc) is 2.29. The number of nitrogens with zero attached hydrogens (tertiary/aromatic N) is 1. The van der Waals surface area contributed by atoms with Crippen molar-refractivity contribution in [1.29, 1.82) is 5.26 Å². The van der Waals surface area contributed by atoms with Gasteiger partial charge in [0.05, 0.1) is 11.0 Å². The van der Waals surface area contributed by atoms with Crippen LogP contribution in [0.1, 0.15) is 24.8 Å². The Hall–Kier alpha value is -1.38. The molecule has 0 unspecified atom stereocenters. The van der Waals surface area contributed by atoms with Gasteiger partial charge in [-0.15, -0.1) is 0 Å². The maximum absolute atomic E-state index is 11.9. The molecule has 0 bridgehead atoms. The van der Waals surface area contributed by atoms with E-state index in [9.17, 15) is 8.42 Å². The number of benzene rings is 1. The Bertz CT molecular complexity index is 503. The zero-order valence-electron chi connectivity index (χ0n) is 9.81. The predicted octanol–water partition coefficient (Wildman–Crippen LogP) is 1.97. The van der Waals surface area contributed by atoms with Crippen LogP contribution in [0.3, 0.4) is 0 Å². The molecule has 0 aliphatic rings. The van der Waals surface area contributed by atoms with Gasteiger partial charge in [0.15, 0.2) is 0 Å². The first kappa shape index (κ1) is 13.7. The van der Waals surface area contributed by atoms with E-state index < -0.39 is 10.0 Å². The van der Waals surface area contributed by atoms with E-state index in [0.29, 0.717) is 30.7 Å². The van der Waals surface area contributed by atoms with E-state index in [4.69, 9.17) is 5.26 Å². The smallest absolute Gasteiger partial charge is 0.211 e. The van der Waals surface area contributed by atoms with Crippen molar-refractivity contribution in [2.45, 2.75) is 31.1 Å². The molecule has 0 aliphatic heterocycles. The normalized spacial score (nSPS) is 11.1. The minimum Gasteiger partial charge on any atom is -0.211 e. The van der Waals surface area contributed by atoms with Crippen LogP contribution in [-0.4, -0.2) is 15.0 Å². The molecule has 17 heavy (non-hydrogen) atoms. The molecule has 5 heteroatoms. The van der Waals surface area contributed by atoms with Crippen molar-refractivity contribution >= 4 is 10.0 Å². The van der Waals surface area contributed by atoms with Crippen LogP contribution in [-0.2, 0) is 10.0 Å².